The average Bonchev–Trinajstić information content (AvgIpc) is 3.83. The van der Waals surface area contributed by atoms with Crippen LogP contribution in [-0.2, 0) is 20.9 Å². The van der Waals surface area contributed by atoms with Crippen LogP contribution in [0, 0.1) is 24.2 Å². The first kappa shape index (κ1) is 54.7. The molecule has 5 N–H and O–H groups in total. The summed E-state index contributed by atoms with van der Waals surface area (Å²) in [4.78, 5) is 75.5. The van der Waals surface area contributed by atoms with E-state index in [1.807, 2.05) is 67.6 Å². The number of likely N-dealkylation sites (tertiary alicyclic amines) is 3. The summed E-state index contributed by atoms with van der Waals surface area (Å²) in [6, 6.07) is 11.2. The van der Waals surface area contributed by atoms with Crippen molar-refractivity contribution in [1.82, 2.24) is 40.3 Å². The van der Waals surface area contributed by atoms with Gasteiger partial charge in [0.2, 0.25) is 17.8 Å². The van der Waals surface area contributed by atoms with Gasteiger partial charge in [0.25, 0.3) is 11.8 Å². The van der Waals surface area contributed by atoms with Gasteiger partial charge in [0.15, 0.2) is 5.67 Å². The van der Waals surface area contributed by atoms with E-state index in [9.17, 15) is 24.3 Å². The fraction of sp³-hybridized carbons (Fsp3) is 0.582. The highest BCUT2D eigenvalue weighted by molar-refractivity contribution is 8.00. The smallest absolute Gasteiger partial charge is 0.258 e. The van der Waals surface area contributed by atoms with Gasteiger partial charge >= 0.3 is 0 Å². The molecule has 20 heteroatoms. The highest BCUT2D eigenvalue weighted by Gasteiger charge is 2.54. The van der Waals surface area contributed by atoms with Crippen LogP contribution in [0.5, 0.6) is 5.75 Å². The van der Waals surface area contributed by atoms with E-state index in [4.69, 9.17) is 16.3 Å². The minimum Gasteiger partial charge on any atom is -0.495 e. The molecular weight excluding hydrogens is 1020 g/mol. The van der Waals surface area contributed by atoms with Gasteiger partial charge < -0.3 is 45.8 Å². The summed E-state index contributed by atoms with van der Waals surface area (Å²) in [6.07, 6.45) is 9.56. The number of β-amino-alcohol motifs (C(OH)–C–C–N with tert-alkyl or cyclic N) is 1. The van der Waals surface area contributed by atoms with E-state index in [1.165, 1.54) is 11.1 Å². The molecule has 9 rings (SSSR count). The van der Waals surface area contributed by atoms with Crippen LogP contribution in [0.25, 0.3) is 10.4 Å². The van der Waals surface area contributed by atoms with E-state index in [2.05, 4.69) is 41.1 Å². The van der Waals surface area contributed by atoms with Crippen LogP contribution >= 0.6 is 34.7 Å². The number of nitrogens with one attached hydrogen (secondary N) is 4. The zero-order valence-corrected chi connectivity index (χ0v) is 46.2. The molecule has 0 radical (unpaired) electrons. The van der Waals surface area contributed by atoms with Gasteiger partial charge in [-0.3, -0.25) is 19.2 Å². The number of nitrogens with zero attached hydrogens (tertiary/aromatic N) is 6. The summed E-state index contributed by atoms with van der Waals surface area (Å²) in [5.41, 5.74) is 4.19. The lowest BCUT2D eigenvalue weighted by atomic mass is 9.71. The third-order valence-electron chi connectivity index (χ3n) is 16.5. The first-order valence-corrected chi connectivity index (χ1v) is 28.8. The van der Waals surface area contributed by atoms with Gasteiger partial charge in [-0.05, 0) is 150 Å². The summed E-state index contributed by atoms with van der Waals surface area (Å²) in [7, 11) is 3.31. The molecule has 2 saturated carbocycles. The first-order chi connectivity index (χ1) is 35.9. The van der Waals surface area contributed by atoms with E-state index in [-0.39, 0.29) is 49.6 Å². The van der Waals surface area contributed by atoms with Crippen LogP contribution in [0.4, 0.5) is 21.8 Å². The molecule has 0 unspecified atom stereocenters. The zero-order chi connectivity index (χ0) is 53.1. The molecule has 3 aliphatic heterocycles. The van der Waals surface area contributed by atoms with E-state index >= 15 is 4.39 Å². The molecule has 3 saturated heterocycles. The van der Waals surface area contributed by atoms with Crippen molar-refractivity contribution in [2.75, 3.05) is 69.8 Å². The predicted molar refractivity (Wildman–Crippen MR) is 293 cm³/mol. The lowest BCUT2D eigenvalue weighted by Gasteiger charge is -2.47. The maximum absolute atomic E-state index is 15.2. The number of alkyl halides is 1. The number of aromatic nitrogens is 3. The second-order valence-electron chi connectivity index (χ2n) is 22.0. The molecule has 16 nitrogen and oxygen atoms in total. The molecule has 75 heavy (non-hydrogen) atoms. The van der Waals surface area contributed by atoms with Crippen molar-refractivity contribution < 1.29 is 33.4 Å². The number of piperidine rings is 2. The number of aliphatic hydroxyl groups is 1. The number of ether oxygens (including phenoxy) is 1. The second-order valence-corrected chi connectivity index (χ2v) is 25.0. The topological polar surface area (TPSA) is 194 Å². The monoisotopic (exact) mass is 1090 g/mol. The standard InChI is InChI=1S/C55H72ClFN10O6S2/c1-34-45(74-33-61-34)38-12-10-35(11-13-38)28-59-48(69)43-27-40(68)31-67(43)50(71)46(63-51(72)55(57)16-17-55)53(2,3)75-32-37-8-6-36(7-9-37)30-65-22-18-54(19-23-65)20-24-66(25-21-54)49(70)39-14-15-42(44(26-39)73-5)62-52-60-29-41(56)47(58-4)64-52/h10-15,26,29,33,36-37,40,43,46,68H,6-9,16-25,27-28,30-32H2,1-5H3,(H,59,69)(H,63,72)(H2,58,60,62,64)/t36?,37?,40-,43+,46+/m1/s1. The maximum Gasteiger partial charge on any atom is 0.258 e. The predicted octanol–water partition coefficient (Wildman–Crippen LogP) is 8.26. The molecule has 5 heterocycles. The molecule has 3 atom stereocenters. The van der Waals surface area contributed by atoms with Crippen LogP contribution in [-0.4, -0.2) is 146 Å². The number of aryl methyl sites for hydroxylation is 1. The Morgan fingerprint density at radius 1 is 0.973 bits per heavy atom. The number of thiazole rings is 1. The summed E-state index contributed by atoms with van der Waals surface area (Å²) in [5.74, 6) is 1.54. The van der Waals surface area contributed by atoms with E-state index < -0.39 is 40.4 Å². The fourth-order valence-corrected chi connectivity index (χ4v) is 13.7. The number of aliphatic hydroxyl groups excluding tert-OH is 1. The van der Waals surface area contributed by atoms with E-state index in [0.717, 1.165) is 112 Å². The molecular formula is C55H72ClFN10O6S2. The lowest BCUT2D eigenvalue weighted by Crippen LogP contribution is -2.61. The van der Waals surface area contributed by atoms with Crippen molar-refractivity contribution in [3.8, 4) is 16.2 Å². The Kier molecular flexibility index (Phi) is 17.0. The molecule has 2 aliphatic carbocycles. The molecule has 4 aromatic rings. The molecule has 1 spiro atoms. The molecule has 5 aliphatic rings. The number of benzene rings is 2. The van der Waals surface area contributed by atoms with Crippen LogP contribution in [0.2, 0.25) is 5.02 Å². The second kappa shape index (κ2) is 23.3. The Labute approximate surface area is 453 Å². The highest BCUT2D eigenvalue weighted by atomic mass is 35.5. The molecule has 4 amide bonds. The average molecular weight is 1090 g/mol. The van der Waals surface area contributed by atoms with Gasteiger partial charge in [0.1, 0.15) is 28.7 Å². The number of hydrogen-bond donors (Lipinski definition) is 5. The fourth-order valence-electron chi connectivity index (χ4n) is 11.4. The third kappa shape index (κ3) is 12.9. The SMILES string of the molecule is CNc1nc(Nc2ccc(C(=O)N3CCC4(CCN(CC5CCC(CSC(C)(C)[C@@H](NC(=O)C6(F)CC6)C(=O)N6C[C@H](O)C[C@H]6C(=O)NCc6ccc(-c7scnc7C)cc6)CC5)CC4)CC3)cc2OC)ncc1Cl. The number of carbonyl (C=O) groups is 4. The summed E-state index contributed by atoms with van der Waals surface area (Å²) < 4.78 is 20.0. The summed E-state index contributed by atoms with van der Waals surface area (Å²) in [6.45, 7) is 10.7. The molecule has 2 aromatic heterocycles. The van der Waals surface area contributed by atoms with E-state index in [0.29, 0.717) is 45.6 Å². The Morgan fingerprint density at radius 3 is 2.32 bits per heavy atom. The zero-order valence-electron chi connectivity index (χ0n) is 43.8. The minimum absolute atomic E-state index is 0.00305. The van der Waals surface area contributed by atoms with Crippen molar-refractivity contribution >= 4 is 75.8 Å². The number of amides is 4. The number of hydrogen-bond acceptors (Lipinski definition) is 14. The van der Waals surface area contributed by atoms with Crippen LogP contribution < -0.4 is 26.0 Å². The van der Waals surface area contributed by atoms with Crippen LogP contribution in [0.1, 0.15) is 106 Å². The number of thioether (sulfide) groups is 1. The van der Waals surface area contributed by atoms with E-state index in [1.54, 1.807) is 43.3 Å². The van der Waals surface area contributed by atoms with Crippen molar-refractivity contribution in [2.45, 2.75) is 127 Å². The van der Waals surface area contributed by atoms with Gasteiger partial charge in [-0.2, -0.15) is 16.7 Å². The van der Waals surface area contributed by atoms with Crippen molar-refractivity contribution in [2.24, 2.45) is 17.3 Å². The van der Waals surface area contributed by atoms with Crippen LogP contribution in [0.15, 0.2) is 54.2 Å². The van der Waals surface area contributed by atoms with Crippen LogP contribution in [0.3, 0.4) is 0 Å². The Morgan fingerprint density at radius 2 is 1.67 bits per heavy atom. The van der Waals surface area contributed by atoms with Crippen molar-refractivity contribution in [3.05, 3.63) is 76.0 Å². The van der Waals surface area contributed by atoms with Crippen molar-refractivity contribution in [3.63, 3.8) is 0 Å². The first-order valence-electron chi connectivity index (χ1n) is 26.5. The highest BCUT2D eigenvalue weighted by Crippen LogP contribution is 2.44. The van der Waals surface area contributed by atoms with Gasteiger partial charge in [-0.1, -0.05) is 35.9 Å². The Hall–Kier alpha value is -5.08. The van der Waals surface area contributed by atoms with Gasteiger partial charge in [0, 0.05) is 56.5 Å². The largest absolute Gasteiger partial charge is 0.495 e. The third-order valence-corrected chi connectivity index (χ3v) is 19.4. The molecule has 0 bridgehead atoms. The maximum atomic E-state index is 15.2. The lowest BCUT2D eigenvalue weighted by molar-refractivity contribution is -0.143. The number of methoxy groups -OCH3 is 1. The number of halogens is 2. The van der Waals surface area contributed by atoms with Gasteiger partial charge in [-0.25, -0.2) is 14.4 Å². The molecule has 5 fully saturated rings. The van der Waals surface area contributed by atoms with Gasteiger partial charge in [-0.15, -0.1) is 11.3 Å². The molecule has 2 aromatic carbocycles. The Bertz CT molecular complexity index is 2680. The summed E-state index contributed by atoms with van der Waals surface area (Å²) >= 11 is 9.35. The van der Waals surface area contributed by atoms with Gasteiger partial charge in [0.05, 0.1) is 41.2 Å². The Balaban J connectivity index is 0.724. The number of anilines is 3. The van der Waals surface area contributed by atoms with Crippen molar-refractivity contribution in [1.29, 1.82) is 0 Å². The quantitative estimate of drug-likeness (QED) is 0.0640. The normalized spacial score (nSPS) is 22.8. The molecule has 404 valence electrons. The number of carbonyl (C=O) groups excluding carboxylic acids is 4. The number of rotatable bonds is 18. The minimum atomic E-state index is -1.99. The summed E-state index contributed by atoms with van der Waals surface area (Å²) in [5, 5.41) is 23.1.